The second-order valence-electron chi connectivity index (χ2n) is 6.02. The van der Waals surface area contributed by atoms with Crippen molar-refractivity contribution in [2.24, 2.45) is 5.73 Å². The van der Waals surface area contributed by atoms with Crippen LogP contribution in [0.5, 0.6) is 0 Å². The first-order chi connectivity index (χ1) is 11.9. The Morgan fingerprint density at radius 1 is 1.04 bits per heavy atom. The number of ether oxygens (including phenoxy) is 2. The fraction of sp³-hybridized carbons (Fsp3) is 0.300. The van der Waals surface area contributed by atoms with Crippen molar-refractivity contribution in [1.29, 1.82) is 0 Å². The van der Waals surface area contributed by atoms with E-state index in [-0.39, 0.29) is 12.1 Å². The van der Waals surface area contributed by atoms with Crippen LogP contribution in [0.4, 0.5) is 0 Å². The third kappa shape index (κ3) is 4.90. The number of carbonyl (C=O) groups excluding carboxylic acids is 2. The SMILES string of the molecule is COC(=O)C(N)Cc1ccccc1-c1ccc(C(=O)OC(C)C)cc1. The maximum Gasteiger partial charge on any atom is 0.338 e. The number of benzene rings is 2. The highest BCUT2D eigenvalue weighted by Crippen LogP contribution is 2.25. The minimum absolute atomic E-state index is 0.160. The van der Waals surface area contributed by atoms with Crippen molar-refractivity contribution in [3.8, 4) is 11.1 Å². The smallest absolute Gasteiger partial charge is 0.338 e. The molecule has 0 amide bonds. The minimum atomic E-state index is -0.716. The quantitative estimate of drug-likeness (QED) is 0.817. The second kappa shape index (κ2) is 8.44. The van der Waals surface area contributed by atoms with Gasteiger partial charge in [-0.05, 0) is 49.1 Å². The molecule has 0 saturated heterocycles. The van der Waals surface area contributed by atoms with Crippen LogP contribution >= 0.6 is 0 Å². The molecular weight excluding hydrogens is 318 g/mol. The third-order valence-corrected chi connectivity index (χ3v) is 3.74. The summed E-state index contributed by atoms with van der Waals surface area (Å²) in [5.41, 5.74) is 9.23. The summed E-state index contributed by atoms with van der Waals surface area (Å²) < 4.78 is 9.88. The zero-order chi connectivity index (χ0) is 18.4. The van der Waals surface area contributed by atoms with Crippen LogP contribution in [0.25, 0.3) is 11.1 Å². The predicted molar refractivity (Wildman–Crippen MR) is 96.1 cm³/mol. The number of esters is 2. The Bertz CT molecular complexity index is 738. The van der Waals surface area contributed by atoms with Gasteiger partial charge in [0.25, 0.3) is 0 Å². The molecule has 0 aliphatic heterocycles. The largest absolute Gasteiger partial charge is 0.468 e. The van der Waals surface area contributed by atoms with E-state index < -0.39 is 12.0 Å². The lowest BCUT2D eigenvalue weighted by atomic mass is 9.95. The first kappa shape index (κ1) is 18.7. The summed E-state index contributed by atoms with van der Waals surface area (Å²) in [4.78, 5) is 23.5. The number of methoxy groups -OCH3 is 1. The maximum absolute atomic E-state index is 11.9. The van der Waals surface area contributed by atoms with Crippen molar-refractivity contribution in [3.63, 3.8) is 0 Å². The first-order valence-electron chi connectivity index (χ1n) is 8.15. The molecule has 0 bridgehead atoms. The molecule has 2 rings (SSSR count). The summed E-state index contributed by atoms with van der Waals surface area (Å²) in [7, 11) is 1.32. The zero-order valence-corrected chi connectivity index (χ0v) is 14.7. The molecule has 5 heteroatoms. The molecule has 1 atom stereocenters. The molecule has 0 saturated carbocycles. The molecule has 0 aliphatic rings. The molecule has 0 aliphatic carbocycles. The maximum atomic E-state index is 11.9. The van der Waals surface area contributed by atoms with Gasteiger partial charge >= 0.3 is 11.9 Å². The number of nitrogens with two attached hydrogens (primary N) is 1. The van der Waals surface area contributed by atoms with Crippen molar-refractivity contribution in [2.45, 2.75) is 32.4 Å². The van der Waals surface area contributed by atoms with Crippen LogP contribution in [0.15, 0.2) is 48.5 Å². The Balaban J connectivity index is 2.24. The van der Waals surface area contributed by atoms with Gasteiger partial charge in [-0.15, -0.1) is 0 Å². The van der Waals surface area contributed by atoms with Gasteiger partial charge in [-0.3, -0.25) is 4.79 Å². The first-order valence-corrected chi connectivity index (χ1v) is 8.15. The van der Waals surface area contributed by atoms with E-state index in [1.54, 1.807) is 12.1 Å². The van der Waals surface area contributed by atoms with Crippen molar-refractivity contribution >= 4 is 11.9 Å². The molecule has 2 N–H and O–H groups in total. The molecular formula is C20H23NO4. The fourth-order valence-electron chi connectivity index (χ4n) is 2.52. The molecule has 5 nitrogen and oxygen atoms in total. The normalized spacial score (nSPS) is 11.9. The van der Waals surface area contributed by atoms with E-state index in [1.807, 2.05) is 50.2 Å². The highest BCUT2D eigenvalue weighted by atomic mass is 16.5. The molecule has 0 aromatic heterocycles. The summed E-state index contributed by atoms with van der Waals surface area (Å²) in [6.45, 7) is 3.63. The van der Waals surface area contributed by atoms with Crippen molar-refractivity contribution in [1.82, 2.24) is 0 Å². The van der Waals surface area contributed by atoms with Gasteiger partial charge in [0.2, 0.25) is 0 Å². The van der Waals surface area contributed by atoms with Gasteiger partial charge in [0.1, 0.15) is 6.04 Å². The van der Waals surface area contributed by atoms with Gasteiger partial charge < -0.3 is 15.2 Å². The van der Waals surface area contributed by atoms with Gasteiger partial charge in [-0.2, -0.15) is 0 Å². The van der Waals surface area contributed by atoms with Crippen LogP contribution in [-0.2, 0) is 20.7 Å². The molecule has 25 heavy (non-hydrogen) atoms. The minimum Gasteiger partial charge on any atom is -0.468 e. The van der Waals surface area contributed by atoms with Crippen molar-refractivity contribution in [3.05, 3.63) is 59.7 Å². The van der Waals surface area contributed by atoms with Gasteiger partial charge in [-0.1, -0.05) is 36.4 Å². The Kier molecular flexibility index (Phi) is 6.31. The highest BCUT2D eigenvalue weighted by Gasteiger charge is 2.17. The zero-order valence-electron chi connectivity index (χ0n) is 14.7. The summed E-state index contributed by atoms with van der Waals surface area (Å²) >= 11 is 0. The van der Waals surface area contributed by atoms with Crippen LogP contribution < -0.4 is 5.73 Å². The van der Waals surface area contributed by atoms with E-state index in [4.69, 9.17) is 10.5 Å². The summed E-state index contributed by atoms with van der Waals surface area (Å²) in [5.74, 6) is -0.788. The monoisotopic (exact) mass is 341 g/mol. The van der Waals surface area contributed by atoms with Gasteiger partial charge in [0, 0.05) is 0 Å². The number of carbonyl (C=O) groups is 2. The summed E-state index contributed by atoms with van der Waals surface area (Å²) in [6.07, 6.45) is 0.215. The van der Waals surface area contributed by atoms with Crippen LogP contribution in [0.1, 0.15) is 29.8 Å². The molecule has 2 aromatic rings. The molecule has 1 unspecified atom stereocenters. The van der Waals surface area contributed by atoms with Crippen molar-refractivity contribution in [2.75, 3.05) is 7.11 Å². The van der Waals surface area contributed by atoms with Crippen LogP contribution in [0.2, 0.25) is 0 Å². The Morgan fingerprint density at radius 3 is 2.28 bits per heavy atom. The van der Waals surface area contributed by atoms with Gasteiger partial charge in [0.05, 0.1) is 18.8 Å². The lowest BCUT2D eigenvalue weighted by Crippen LogP contribution is -2.33. The Morgan fingerprint density at radius 2 is 1.68 bits per heavy atom. The fourth-order valence-corrected chi connectivity index (χ4v) is 2.52. The van der Waals surface area contributed by atoms with E-state index in [0.717, 1.165) is 16.7 Å². The molecule has 0 heterocycles. The van der Waals surface area contributed by atoms with E-state index in [0.29, 0.717) is 12.0 Å². The predicted octanol–water partition coefficient (Wildman–Crippen LogP) is 2.96. The van der Waals surface area contributed by atoms with E-state index in [2.05, 4.69) is 4.74 Å². The highest BCUT2D eigenvalue weighted by molar-refractivity contribution is 5.90. The third-order valence-electron chi connectivity index (χ3n) is 3.74. The Labute approximate surface area is 147 Å². The molecule has 132 valence electrons. The molecule has 2 aromatic carbocycles. The molecule has 0 fully saturated rings. The number of hydrogen-bond acceptors (Lipinski definition) is 5. The van der Waals surface area contributed by atoms with Crippen LogP contribution in [0, 0.1) is 0 Å². The average Bonchev–Trinajstić information content (AvgIpc) is 2.61. The second-order valence-corrected chi connectivity index (χ2v) is 6.02. The van der Waals surface area contributed by atoms with Crippen LogP contribution in [-0.4, -0.2) is 31.2 Å². The molecule has 0 radical (unpaired) electrons. The summed E-state index contributed by atoms with van der Waals surface area (Å²) in [5, 5.41) is 0. The topological polar surface area (TPSA) is 78.6 Å². The van der Waals surface area contributed by atoms with E-state index in [9.17, 15) is 9.59 Å². The van der Waals surface area contributed by atoms with Gasteiger partial charge in [0.15, 0.2) is 0 Å². The number of hydrogen-bond donors (Lipinski definition) is 1. The lowest BCUT2D eigenvalue weighted by Gasteiger charge is -2.14. The van der Waals surface area contributed by atoms with Gasteiger partial charge in [-0.25, -0.2) is 4.79 Å². The van der Waals surface area contributed by atoms with E-state index >= 15 is 0 Å². The summed E-state index contributed by atoms with van der Waals surface area (Å²) in [6, 6.07) is 14.2. The Hall–Kier alpha value is -2.66. The van der Waals surface area contributed by atoms with E-state index in [1.165, 1.54) is 7.11 Å². The molecule has 0 spiro atoms. The average molecular weight is 341 g/mol. The van der Waals surface area contributed by atoms with Crippen molar-refractivity contribution < 1.29 is 19.1 Å². The number of rotatable bonds is 6. The van der Waals surface area contributed by atoms with Crippen LogP contribution in [0.3, 0.4) is 0 Å². The standard InChI is InChI=1S/C20H23NO4/c1-13(2)25-19(22)15-10-8-14(9-11-15)17-7-5-4-6-16(17)12-18(21)20(23)24-3/h4-11,13,18H,12,21H2,1-3H3. The lowest BCUT2D eigenvalue weighted by molar-refractivity contribution is -0.142.